The molecule has 1 aromatic carbocycles. The Kier molecular flexibility index (Phi) is 5.55. The molecule has 1 N–H and O–H groups in total. The summed E-state index contributed by atoms with van der Waals surface area (Å²) in [6, 6.07) is 4.14. The maximum Gasteiger partial charge on any atom is 0.275 e. The monoisotopic (exact) mass is 367 g/mol. The van der Waals surface area contributed by atoms with E-state index in [1.807, 2.05) is 0 Å². The fourth-order valence-corrected chi connectivity index (χ4v) is 2.87. The number of nitrogens with zero attached hydrogens (tertiary/aromatic N) is 2. The van der Waals surface area contributed by atoms with Gasteiger partial charge in [-0.15, -0.1) is 0 Å². The Morgan fingerprint density at radius 3 is 3.16 bits per heavy atom. The van der Waals surface area contributed by atoms with Crippen LogP contribution < -0.4 is 10.1 Å². The van der Waals surface area contributed by atoms with E-state index in [4.69, 9.17) is 20.8 Å². The molecule has 1 amide bonds. The summed E-state index contributed by atoms with van der Waals surface area (Å²) in [6.45, 7) is 4.13. The third-order valence-corrected chi connectivity index (χ3v) is 4.35. The van der Waals surface area contributed by atoms with E-state index < -0.39 is 5.82 Å². The van der Waals surface area contributed by atoms with Crippen LogP contribution in [-0.4, -0.2) is 41.5 Å². The molecule has 2 heterocycles. The summed E-state index contributed by atoms with van der Waals surface area (Å²) in [5.74, 6) is -0.0227. The molecule has 134 valence electrons. The number of hydrogen-bond donors (Lipinski definition) is 1. The average Bonchev–Trinajstić information content (AvgIpc) is 3.09. The molecule has 0 spiro atoms. The predicted molar refractivity (Wildman–Crippen MR) is 90.2 cm³/mol. The first-order valence-corrected chi connectivity index (χ1v) is 8.49. The zero-order chi connectivity index (χ0) is 17.8. The van der Waals surface area contributed by atoms with Crippen molar-refractivity contribution in [3.8, 4) is 5.75 Å². The van der Waals surface area contributed by atoms with Crippen molar-refractivity contribution >= 4 is 17.5 Å². The molecule has 1 saturated heterocycles. The van der Waals surface area contributed by atoms with E-state index >= 15 is 0 Å². The molecular weight excluding hydrogens is 349 g/mol. The summed E-state index contributed by atoms with van der Waals surface area (Å²) in [6.07, 6.45) is 2.29. The van der Waals surface area contributed by atoms with Gasteiger partial charge < -0.3 is 19.4 Å². The number of benzene rings is 1. The van der Waals surface area contributed by atoms with Gasteiger partial charge in [0, 0.05) is 25.7 Å². The molecule has 1 atom stereocenters. The highest BCUT2D eigenvalue weighted by molar-refractivity contribution is 6.32. The lowest BCUT2D eigenvalue weighted by Crippen LogP contribution is -2.52. The summed E-state index contributed by atoms with van der Waals surface area (Å²) in [5.41, 5.74) is 0.251. The fraction of sp³-hybridized carbons (Fsp3) is 0.412. The number of carbonyl (C=O) groups is 1. The summed E-state index contributed by atoms with van der Waals surface area (Å²) < 4.78 is 23.8. The molecule has 0 bridgehead atoms. The summed E-state index contributed by atoms with van der Waals surface area (Å²) in [4.78, 5) is 18.5. The summed E-state index contributed by atoms with van der Waals surface area (Å²) >= 11 is 5.90. The highest BCUT2D eigenvalue weighted by atomic mass is 35.5. The van der Waals surface area contributed by atoms with Crippen LogP contribution in [0.3, 0.4) is 0 Å². The van der Waals surface area contributed by atoms with E-state index in [9.17, 15) is 9.18 Å². The van der Waals surface area contributed by atoms with E-state index in [1.54, 1.807) is 4.90 Å². The van der Waals surface area contributed by atoms with Crippen molar-refractivity contribution in [1.82, 2.24) is 15.2 Å². The van der Waals surface area contributed by atoms with E-state index in [2.05, 4.69) is 17.2 Å². The van der Waals surface area contributed by atoms with Crippen molar-refractivity contribution < 1.29 is 18.3 Å². The van der Waals surface area contributed by atoms with E-state index in [1.165, 1.54) is 18.4 Å². The Hall–Kier alpha value is -2.12. The summed E-state index contributed by atoms with van der Waals surface area (Å²) in [5, 5.41) is 3.52. The minimum absolute atomic E-state index is 0.00221. The van der Waals surface area contributed by atoms with Gasteiger partial charge in [-0.25, -0.2) is 9.37 Å². The van der Waals surface area contributed by atoms with Gasteiger partial charge in [0.15, 0.2) is 12.3 Å². The fourth-order valence-electron chi connectivity index (χ4n) is 2.65. The van der Waals surface area contributed by atoms with Gasteiger partial charge in [0.25, 0.3) is 5.91 Å². The van der Waals surface area contributed by atoms with Gasteiger partial charge in [0.1, 0.15) is 17.8 Å². The second-order valence-electron chi connectivity index (χ2n) is 5.80. The Labute approximate surface area is 149 Å². The number of piperazine rings is 1. The van der Waals surface area contributed by atoms with Crippen molar-refractivity contribution in [3.63, 3.8) is 0 Å². The molecule has 2 aromatic rings. The number of amides is 1. The van der Waals surface area contributed by atoms with Crippen LogP contribution in [0.25, 0.3) is 0 Å². The molecule has 1 fully saturated rings. The third kappa shape index (κ3) is 4.29. The molecule has 6 nitrogen and oxygen atoms in total. The molecule has 0 saturated carbocycles. The number of aromatic nitrogens is 1. The molecule has 0 radical (unpaired) electrons. The van der Waals surface area contributed by atoms with Crippen LogP contribution in [0.2, 0.25) is 5.02 Å². The SMILES string of the molecule is CC[C@H]1CN(C(=O)c2coc(COc3ccc(F)cc3Cl)n2)CCN1. The second kappa shape index (κ2) is 7.84. The number of halogens is 2. The first-order valence-electron chi connectivity index (χ1n) is 8.11. The highest BCUT2D eigenvalue weighted by Gasteiger charge is 2.25. The van der Waals surface area contributed by atoms with Crippen LogP contribution in [-0.2, 0) is 6.61 Å². The Morgan fingerprint density at radius 2 is 2.40 bits per heavy atom. The molecule has 0 aliphatic carbocycles. The normalized spacial score (nSPS) is 17.6. The number of oxazole rings is 1. The van der Waals surface area contributed by atoms with Crippen LogP contribution in [0.1, 0.15) is 29.7 Å². The quantitative estimate of drug-likeness (QED) is 0.880. The molecule has 25 heavy (non-hydrogen) atoms. The van der Waals surface area contributed by atoms with Gasteiger partial charge in [0.05, 0.1) is 5.02 Å². The Morgan fingerprint density at radius 1 is 1.56 bits per heavy atom. The molecular formula is C17H19ClFN3O3. The van der Waals surface area contributed by atoms with Crippen molar-refractivity contribution in [2.24, 2.45) is 0 Å². The Bertz CT molecular complexity index is 752. The van der Waals surface area contributed by atoms with Crippen molar-refractivity contribution in [1.29, 1.82) is 0 Å². The van der Waals surface area contributed by atoms with E-state index in [-0.39, 0.29) is 29.1 Å². The first kappa shape index (κ1) is 17.7. The predicted octanol–water partition coefficient (Wildman–Crippen LogP) is 2.87. The number of nitrogens with one attached hydrogen (secondary N) is 1. The molecule has 1 aromatic heterocycles. The smallest absolute Gasteiger partial charge is 0.275 e. The minimum atomic E-state index is -0.442. The molecule has 0 unspecified atom stereocenters. The van der Waals surface area contributed by atoms with E-state index in [0.717, 1.165) is 19.0 Å². The Balaban J connectivity index is 1.61. The van der Waals surface area contributed by atoms with Gasteiger partial charge in [-0.3, -0.25) is 4.79 Å². The zero-order valence-corrected chi connectivity index (χ0v) is 14.6. The van der Waals surface area contributed by atoms with Gasteiger partial charge in [0.2, 0.25) is 5.89 Å². The maximum absolute atomic E-state index is 13.0. The number of ether oxygens (including phenoxy) is 1. The lowest BCUT2D eigenvalue weighted by atomic mass is 10.1. The minimum Gasteiger partial charge on any atom is -0.482 e. The van der Waals surface area contributed by atoms with Gasteiger partial charge in [-0.2, -0.15) is 0 Å². The highest BCUT2D eigenvalue weighted by Crippen LogP contribution is 2.25. The van der Waals surface area contributed by atoms with Crippen LogP contribution in [0.4, 0.5) is 4.39 Å². The number of rotatable bonds is 5. The molecule has 1 aliphatic rings. The van der Waals surface area contributed by atoms with Crippen molar-refractivity contribution in [3.05, 3.63) is 46.9 Å². The lowest BCUT2D eigenvalue weighted by Gasteiger charge is -2.32. The van der Waals surface area contributed by atoms with Crippen LogP contribution >= 0.6 is 11.6 Å². The van der Waals surface area contributed by atoms with Crippen molar-refractivity contribution in [2.45, 2.75) is 26.0 Å². The number of hydrogen-bond acceptors (Lipinski definition) is 5. The standard InChI is InChI=1S/C17H19ClFN3O3/c1-2-12-8-22(6-5-20-12)17(23)14-9-25-16(21-14)10-24-15-4-3-11(19)7-13(15)18/h3-4,7,9,12,20H,2,5-6,8,10H2,1H3/t12-/m0/s1. The van der Waals surface area contributed by atoms with Gasteiger partial charge >= 0.3 is 0 Å². The third-order valence-electron chi connectivity index (χ3n) is 4.05. The lowest BCUT2D eigenvalue weighted by molar-refractivity contribution is 0.0695. The van der Waals surface area contributed by atoms with Crippen LogP contribution in [0.15, 0.2) is 28.9 Å². The molecule has 8 heteroatoms. The maximum atomic E-state index is 13.0. The zero-order valence-electron chi connectivity index (χ0n) is 13.8. The van der Waals surface area contributed by atoms with Crippen molar-refractivity contribution in [2.75, 3.05) is 19.6 Å². The van der Waals surface area contributed by atoms with E-state index in [0.29, 0.717) is 24.9 Å². The molecule has 3 rings (SSSR count). The van der Waals surface area contributed by atoms with Gasteiger partial charge in [-0.1, -0.05) is 18.5 Å². The first-order chi connectivity index (χ1) is 12.1. The van der Waals surface area contributed by atoms with Gasteiger partial charge in [-0.05, 0) is 24.6 Å². The van der Waals surface area contributed by atoms with Crippen LogP contribution in [0, 0.1) is 5.82 Å². The largest absolute Gasteiger partial charge is 0.482 e. The topological polar surface area (TPSA) is 67.6 Å². The number of carbonyl (C=O) groups excluding carboxylic acids is 1. The summed E-state index contributed by atoms with van der Waals surface area (Å²) in [7, 11) is 0. The van der Waals surface area contributed by atoms with Crippen LogP contribution in [0.5, 0.6) is 5.75 Å². The second-order valence-corrected chi connectivity index (χ2v) is 6.21. The average molecular weight is 368 g/mol. The molecule has 1 aliphatic heterocycles.